The molecule has 0 saturated heterocycles. The highest BCUT2D eigenvalue weighted by Gasteiger charge is 2.54. The Morgan fingerprint density at radius 1 is 0.950 bits per heavy atom. The predicted octanol–water partition coefficient (Wildman–Crippen LogP) is 3.47. The second-order valence-electron chi connectivity index (χ2n) is 6.16. The minimum absolute atomic E-state index is 0.0998. The standard InChI is InChI=1S/C16H24O4/c17-14(18)16(15(19)20)11-7-3-5-9-12-8-4-1-2-6-10-13(12)16/h4,8,12-13H,1-3,5-7,9-11H2,(H,17,18)(H,19,20). The van der Waals surface area contributed by atoms with Crippen LogP contribution in [0.2, 0.25) is 0 Å². The first kappa shape index (κ1) is 15.1. The number of rotatable bonds is 2. The molecule has 0 aromatic heterocycles. The van der Waals surface area contributed by atoms with Gasteiger partial charge in [-0.1, -0.05) is 37.8 Å². The minimum Gasteiger partial charge on any atom is -0.480 e. The van der Waals surface area contributed by atoms with Crippen LogP contribution in [-0.4, -0.2) is 22.2 Å². The molecule has 0 aromatic carbocycles. The van der Waals surface area contributed by atoms with Crippen molar-refractivity contribution in [1.82, 2.24) is 0 Å². The van der Waals surface area contributed by atoms with E-state index in [1.165, 1.54) is 0 Å². The molecule has 0 spiro atoms. The van der Waals surface area contributed by atoms with Gasteiger partial charge in [0.25, 0.3) is 0 Å². The van der Waals surface area contributed by atoms with Gasteiger partial charge in [-0.05, 0) is 43.9 Å². The summed E-state index contributed by atoms with van der Waals surface area (Å²) in [5, 5.41) is 19.3. The van der Waals surface area contributed by atoms with Gasteiger partial charge in [-0.25, -0.2) is 0 Å². The lowest BCUT2D eigenvalue weighted by molar-refractivity contribution is -0.172. The average molecular weight is 280 g/mol. The lowest BCUT2D eigenvalue weighted by Gasteiger charge is -2.40. The molecular formula is C16H24O4. The van der Waals surface area contributed by atoms with E-state index >= 15 is 0 Å². The first-order valence-corrected chi connectivity index (χ1v) is 7.72. The maximum atomic E-state index is 11.8. The van der Waals surface area contributed by atoms with E-state index in [4.69, 9.17) is 0 Å². The number of aliphatic carboxylic acids is 2. The lowest BCUT2D eigenvalue weighted by atomic mass is 9.62. The Morgan fingerprint density at radius 3 is 2.35 bits per heavy atom. The molecule has 4 nitrogen and oxygen atoms in total. The smallest absolute Gasteiger partial charge is 0.321 e. The summed E-state index contributed by atoms with van der Waals surface area (Å²) in [6.07, 6.45) is 11.8. The largest absolute Gasteiger partial charge is 0.480 e. The molecule has 1 saturated carbocycles. The summed E-state index contributed by atoms with van der Waals surface area (Å²) in [6.45, 7) is 0. The quantitative estimate of drug-likeness (QED) is 0.600. The summed E-state index contributed by atoms with van der Waals surface area (Å²) < 4.78 is 0. The van der Waals surface area contributed by atoms with E-state index in [9.17, 15) is 19.8 Å². The number of carboxylic acids is 2. The van der Waals surface area contributed by atoms with Crippen LogP contribution in [0.15, 0.2) is 12.2 Å². The third-order valence-corrected chi connectivity index (χ3v) is 5.04. The molecule has 20 heavy (non-hydrogen) atoms. The van der Waals surface area contributed by atoms with Crippen molar-refractivity contribution in [3.63, 3.8) is 0 Å². The molecule has 2 rings (SSSR count). The zero-order valence-corrected chi connectivity index (χ0v) is 11.9. The van der Waals surface area contributed by atoms with Crippen LogP contribution in [0.3, 0.4) is 0 Å². The summed E-state index contributed by atoms with van der Waals surface area (Å²) in [5.74, 6) is -2.45. The van der Waals surface area contributed by atoms with Gasteiger partial charge in [0.1, 0.15) is 0 Å². The molecular weight excluding hydrogens is 256 g/mol. The van der Waals surface area contributed by atoms with E-state index in [-0.39, 0.29) is 18.3 Å². The number of hydrogen-bond acceptors (Lipinski definition) is 2. The molecule has 2 atom stereocenters. The van der Waals surface area contributed by atoms with E-state index in [0.717, 1.165) is 38.5 Å². The molecule has 2 N–H and O–H groups in total. The Balaban J connectivity index is 2.43. The third kappa shape index (κ3) is 2.74. The maximum Gasteiger partial charge on any atom is 0.321 e. The molecule has 2 aliphatic rings. The van der Waals surface area contributed by atoms with Gasteiger partial charge in [0.2, 0.25) is 0 Å². The molecule has 0 radical (unpaired) electrons. The molecule has 0 aliphatic heterocycles. The van der Waals surface area contributed by atoms with Crippen molar-refractivity contribution in [2.75, 3.05) is 0 Å². The molecule has 0 aromatic rings. The lowest BCUT2D eigenvalue weighted by Crippen LogP contribution is -2.49. The normalized spacial score (nSPS) is 30.2. The van der Waals surface area contributed by atoms with Gasteiger partial charge in [-0.3, -0.25) is 9.59 Å². The van der Waals surface area contributed by atoms with Crippen molar-refractivity contribution in [3.8, 4) is 0 Å². The second kappa shape index (κ2) is 6.42. The molecule has 0 amide bonds. The number of allylic oxidation sites excluding steroid dienone is 2. The first-order valence-electron chi connectivity index (χ1n) is 7.72. The van der Waals surface area contributed by atoms with Gasteiger partial charge in [0.05, 0.1) is 0 Å². The van der Waals surface area contributed by atoms with E-state index in [0.29, 0.717) is 12.8 Å². The number of carbonyl (C=O) groups is 2. The fourth-order valence-corrected chi connectivity index (χ4v) is 3.92. The Kier molecular flexibility index (Phi) is 4.84. The minimum atomic E-state index is -1.59. The molecule has 1 fully saturated rings. The molecule has 112 valence electrons. The second-order valence-corrected chi connectivity index (χ2v) is 6.16. The van der Waals surface area contributed by atoms with Crippen molar-refractivity contribution in [2.24, 2.45) is 17.3 Å². The van der Waals surface area contributed by atoms with E-state index in [2.05, 4.69) is 12.2 Å². The Hall–Kier alpha value is -1.32. The number of hydrogen-bond donors (Lipinski definition) is 2. The zero-order valence-electron chi connectivity index (χ0n) is 11.9. The summed E-state index contributed by atoms with van der Waals surface area (Å²) in [5.41, 5.74) is -1.59. The Bertz CT molecular complexity index is 385. The van der Waals surface area contributed by atoms with Crippen LogP contribution >= 0.6 is 0 Å². The van der Waals surface area contributed by atoms with Gasteiger partial charge in [0.15, 0.2) is 5.41 Å². The summed E-state index contributed by atoms with van der Waals surface area (Å²) >= 11 is 0. The monoisotopic (exact) mass is 280 g/mol. The van der Waals surface area contributed by atoms with E-state index in [1.54, 1.807) is 0 Å². The van der Waals surface area contributed by atoms with E-state index in [1.807, 2.05) is 0 Å². The maximum absolute atomic E-state index is 11.8. The summed E-state index contributed by atoms with van der Waals surface area (Å²) in [6, 6.07) is 0. The fraction of sp³-hybridized carbons (Fsp3) is 0.750. The molecule has 2 unspecified atom stereocenters. The van der Waals surface area contributed by atoms with Crippen LogP contribution in [-0.2, 0) is 9.59 Å². The Morgan fingerprint density at radius 2 is 1.65 bits per heavy atom. The van der Waals surface area contributed by atoms with Crippen LogP contribution in [0.5, 0.6) is 0 Å². The Labute approximate surface area is 119 Å². The fourth-order valence-electron chi connectivity index (χ4n) is 3.92. The van der Waals surface area contributed by atoms with Crippen molar-refractivity contribution in [1.29, 1.82) is 0 Å². The van der Waals surface area contributed by atoms with Gasteiger partial charge in [-0.2, -0.15) is 0 Å². The zero-order chi connectivity index (χ0) is 14.6. The van der Waals surface area contributed by atoms with Gasteiger partial charge >= 0.3 is 11.9 Å². The van der Waals surface area contributed by atoms with Gasteiger partial charge in [0, 0.05) is 0 Å². The first-order chi connectivity index (χ1) is 9.59. The van der Waals surface area contributed by atoms with Crippen molar-refractivity contribution < 1.29 is 19.8 Å². The van der Waals surface area contributed by atoms with Crippen molar-refractivity contribution in [3.05, 3.63) is 12.2 Å². The molecule has 2 aliphatic carbocycles. The summed E-state index contributed by atoms with van der Waals surface area (Å²) in [7, 11) is 0. The van der Waals surface area contributed by atoms with Crippen LogP contribution in [0.25, 0.3) is 0 Å². The molecule has 4 heteroatoms. The van der Waals surface area contributed by atoms with Crippen LogP contribution in [0.1, 0.15) is 57.8 Å². The van der Waals surface area contributed by atoms with Crippen molar-refractivity contribution >= 4 is 11.9 Å². The number of fused-ring (bicyclic) bond motifs is 1. The molecule has 0 heterocycles. The summed E-state index contributed by atoms with van der Waals surface area (Å²) in [4.78, 5) is 23.7. The highest BCUT2D eigenvalue weighted by atomic mass is 16.4. The predicted molar refractivity (Wildman–Crippen MR) is 75.4 cm³/mol. The highest BCUT2D eigenvalue weighted by Crippen LogP contribution is 2.46. The molecule has 0 bridgehead atoms. The SMILES string of the molecule is O=C(O)C1(C(=O)O)CCCCCC2C=CCCCCC21. The number of carboxylic acid groups (broad SMARTS) is 2. The van der Waals surface area contributed by atoms with Gasteiger partial charge in [-0.15, -0.1) is 0 Å². The van der Waals surface area contributed by atoms with E-state index < -0.39 is 17.4 Å². The van der Waals surface area contributed by atoms with Gasteiger partial charge < -0.3 is 10.2 Å². The topological polar surface area (TPSA) is 74.6 Å². The van der Waals surface area contributed by atoms with Crippen molar-refractivity contribution in [2.45, 2.75) is 57.8 Å². The average Bonchev–Trinajstić information content (AvgIpc) is 2.34. The highest BCUT2D eigenvalue weighted by molar-refractivity contribution is 5.98. The van der Waals surface area contributed by atoms with Crippen LogP contribution in [0, 0.1) is 17.3 Å². The van der Waals surface area contributed by atoms with Crippen LogP contribution < -0.4 is 0 Å². The van der Waals surface area contributed by atoms with Crippen LogP contribution in [0.4, 0.5) is 0 Å². The third-order valence-electron chi connectivity index (χ3n) is 5.04.